The van der Waals surface area contributed by atoms with E-state index >= 15 is 0 Å². The standard InChI is InChI=1S/C19H27NO4/c1-3-15-5-7-16(8-6-15)18(21)20-9-10-23-13-19(20)11-17(24-14-19)12-22-4-2/h5-8,17H,3-4,9-14H2,1-2H3/t17-,19-/m0/s1. The molecule has 5 nitrogen and oxygen atoms in total. The van der Waals surface area contributed by atoms with Crippen LogP contribution < -0.4 is 0 Å². The van der Waals surface area contributed by atoms with Gasteiger partial charge in [0, 0.05) is 25.1 Å². The molecule has 1 aromatic carbocycles. The average Bonchev–Trinajstić information content (AvgIpc) is 3.03. The fraction of sp³-hybridized carbons (Fsp3) is 0.632. The highest BCUT2D eigenvalue weighted by molar-refractivity contribution is 5.95. The van der Waals surface area contributed by atoms with Crippen LogP contribution in [0.25, 0.3) is 0 Å². The number of hydrogen-bond acceptors (Lipinski definition) is 4. The number of rotatable bonds is 5. The molecule has 0 aromatic heterocycles. The van der Waals surface area contributed by atoms with Crippen molar-refractivity contribution in [3.05, 3.63) is 35.4 Å². The van der Waals surface area contributed by atoms with Crippen molar-refractivity contribution < 1.29 is 19.0 Å². The summed E-state index contributed by atoms with van der Waals surface area (Å²) in [6, 6.07) is 7.92. The predicted octanol–water partition coefficient (Wildman–Crippen LogP) is 2.29. The summed E-state index contributed by atoms with van der Waals surface area (Å²) in [6.07, 6.45) is 1.78. The van der Waals surface area contributed by atoms with Crippen molar-refractivity contribution in [2.75, 3.05) is 39.6 Å². The van der Waals surface area contributed by atoms with Crippen LogP contribution in [0.5, 0.6) is 0 Å². The number of carbonyl (C=O) groups is 1. The Morgan fingerprint density at radius 2 is 2.08 bits per heavy atom. The van der Waals surface area contributed by atoms with E-state index in [4.69, 9.17) is 14.2 Å². The normalized spacial score (nSPS) is 26.9. The third-order valence-electron chi connectivity index (χ3n) is 4.96. The van der Waals surface area contributed by atoms with Crippen LogP contribution in [0.1, 0.15) is 36.2 Å². The van der Waals surface area contributed by atoms with Gasteiger partial charge in [-0.05, 0) is 31.0 Å². The molecule has 1 aromatic rings. The van der Waals surface area contributed by atoms with Crippen LogP contribution in [-0.2, 0) is 20.6 Å². The van der Waals surface area contributed by atoms with E-state index in [0.717, 1.165) is 18.4 Å². The van der Waals surface area contributed by atoms with E-state index in [1.807, 2.05) is 36.1 Å². The summed E-state index contributed by atoms with van der Waals surface area (Å²) < 4.78 is 17.1. The van der Waals surface area contributed by atoms with Crippen molar-refractivity contribution in [3.8, 4) is 0 Å². The van der Waals surface area contributed by atoms with E-state index in [1.54, 1.807) is 0 Å². The number of benzene rings is 1. The van der Waals surface area contributed by atoms with E-state index in [9.17, 15) is 4.79 Å². The van der Waals surface area contributed by atoms with E-state index in [0.29, 0.717) is 39.6 Å². The molecule has 1 spiro atoms. The minimum absolute atomic E-state index is 0.0319. The number of nitrogens with zero attached hydrogens (tertiary/aromatic N) is 1. The number of hydrogen-bond donors (Lipinski definition) is 0. The highest BCUT2D eigenvalue weighted by Crippen LogP contribution is 2.34. The number of aryl methyl sites for hydroxylation is 1. The van der Waals surface area contributed by atoms with Gasteiger partial charge >= 0.3 is 0 Å². The second-order valence-electron chi connectivity index (χ2n) is 6.58. The van der Waals surface area contributed by atoms with Crippen molar-refractivity contribution in [3.63, 3.8) is 0 Å². The van der Waals surface area contributed by atoms with Crippen molar-refractivity contribution in [2.24, 2.45) is 0 Å². The Morgan fingerprint density at radius 3 is 2.79 bits per heavy atom. The third kappa shape index (κ3) is 3.48. The zero-order valence-corrected chi connectivity index (χ0v) is 14.6. The van der Waals surface area contributed by atoms with Crippen LogP contribution in [0.3, 0.4) is 0 Å². The van der Waals surface area contributed by atoms with Gasteiger partial charge < -0.3 is 19.1 Å². The van der Waals surface area contributed by atoms with Gasteiger partial charge in [0.25, 0.3) is 5.91 Å². The first kappa shape index (κ1) is 17.4. The first-order chi connectivity index (χ1) is 11.7. The minimum atomic E-state index is -0.361. The minimum Gasteiger partial charge on any atom is -0.379 e. The van der Waals surface area contributed by atoms with Gasteiger partial charge in [0.1, 0.15) is 0 Å². The first-order valence-corrected chi connectivity index (χ1v) is 8.86. The van der Waals surface area contributed by atoms with Gasteiger partial charge in [-0.2, -0.15) is 0 Å². The van der Waals surface area contributed by atoms with Gasteiger partial charge in [0.2, 0.25) is 0 Å². The summed E-state index contributed by atoms with van der Waals surface area (Å²) in [5.41, 5.74) is 1.62. The Morgan fingerprint density at radius 1 is 1.29 bits per heavy atom. The van der Waals surface area contributed by atoms with Crippen molar-refractivity contribution in [1.29, 1.82) is 0 Å². The summed E-state index contributed by atoms with van der Waals surface area (Å²) in [5, 5.41) is 0. The molecule has 132 valence electrons. The van der Waals surface area contributed by atoms with E-state index in [2.05, 4.69) is 6.92 Å². The zero-order valence-electron chi connectivity index (χ0n) is 14.6. The quantitative estimate of drug-likeness (QED) is 0.829. The average molecular weight is 333 g/mol. The molecule has 3 rings (SSSR count). The second kappa shape index (κ2) is 7.64. The highest BCUT2D eigenvalue weighted by atomic mass is 16.5. The topological polar surface area (TPSA) is 48.0 Å². The van der Waals surface area contributed by atoms with Crippen LogP contribution in [-0.4, -0.2) is 62.0 Å². The van der Waals surface area contributed by atoms with E-state index in [-0.39, 0.29) is 17.6 Å². The molecule has 2 atom stereocenters. The molecule has 0 radical (unpaired) electrons. The maximum Gasteiger partial charge on any atom is 0.254 e. The molecule has 1 amide bonds. The molecule has 0 unspecified atom stereocenters. The van der Waals surface area contributed by atoms with Gasteiger partial charge in [-0.15, -0.1) is 0 Å². The lowest BCUT2D eigenvalue weighted by molar-refractivity contribution is -0.0559. The fourth-order valence-electron chi connectivity index (χ4n) is 3.55. The Labute approximate surface area is 143 Å². The third-order valence-corrected chi connectivity index (χ3v) is 4.96. The Balaban J connectivity index is 1.75. The molecule has 2 aliphatic heterocycles. The molecular weight excluding hydrogens is 306 g/mol. The predicted molar refractivity (Wildman–Crippen MR) is 91.3 cm³/mol. The smallest absolute Gasteiger partial charge is 0.254 e. The van der Waals surface area contributed by atoms with E-state index in [1.165, 1.54) is 5.56 Å². The van der Waals surface area contributed by atoms with Crippen LogP contribution in [0, 0.1) is 0 Å². The fourth-order valence-corrected chi connectivity index (χ4v) is 3.55. The molecule has 24 heavy (non-hydrogen) atoms. The Hall–Kier alpha value is -1.43. The number of ether oxygens (including phenoxy) is 3. The SMILES string of the molecule is CCOC[C@@H]1C[C@]2(COCCN2C(=O)c2ccc(CC)cc2)CO1. The second-order valence-corrected chi connectivity index (χ2v) is 6.58. The van der Waals surface area contributed by atoms with Crippen molar-refractivity contribution in [1.82, 2.24) is 4.90 Å². The van der Waals surface area contributed by atoms with Gasteiger partial charge in [-0.25, -0.2) is 0 Å². The number of amides is 1. The van der Waals surface area contributed by atoms with Crippen molar-refractivity contribution >= 4 is 5.91 Å². The molecule has 2 aliphatic rings. The molecule has 0 bridgehead atoms. The van der Waals surface area contributed by atoms with E-state index < -0.39 is 0 Å². The van der Waals surface area contributed by atoms with Crippen LogP contribution in [0.4, 0.5) is 0 Å². The molecule has 0 N–H and O–H groups in total. The van der Waals surface area contributed by atoms with Crippen LogP contribution in [0.2, 0.25) is 0 Å². The summed E-state index contributed by atoms with van der Waals surface area (Å²) in [5.74, 6) is 0.0709. The molecule has 2 saturated heterocycles. The molecule has 2 fully saturated rings. The molecule has 0 saturated carbocycles. The highest BCUT2D eigenvalue weighted by Gasteiger charge is 2.49. The van der Waals surface area contributed by atoms with Gasteiger partial charge in [-0.1, -0.05) is 19.1 Å². The van der Waals surface area contributed by atoms with Crippen molar-refractivity contribution in [2.45, 2.75) is 38.3 Å². The molecule has 2 heterocycles. The number of morpholine rings is 1. The van der Waals surface area contributed by atoms with Crippen LogP contribution >= 0.6 is 0 Å². The lowest BCUT2D eigenvalue weighted by atomic mass is 9.92. The maximum absolute atomic E-state index is 13.1. The molecular formula is C19H27NO4. The lowest BCUT2D eigenvalue weighted by Crippen LogP contribution is -2.59. The zero-order chi connectivity index (χ0) is 17.0. The monoisotopic (exact) mass is 333 g/mol. The van der Waals surface area contributed by atoms with Gasteiger partial charge in [0.15, 0.2) is 0 Å². The van der Waals surface area contributed by atoms with Gasteiger partial charge in [0.05, 0.1) is 38.1 Å². The Bertz CT molecular complexity index is 559. The first-order valence-electron chi connectivity index (χ1n) is 8.86. The lowest BCUT2D eigenvalue weighted by Gasteiger charge is -2.43. The number of carbonyl (C=O) groups excluding carboxylic acids is 1. The maximum atomic E-state index is 13.1. The Kier molecular flexibility index (Phi) is 5.54. The summed E-state index contributed by atoms with van der Waals surface area (Å²) in [4.78, 5) is 15.0. The van der Waals surface area contributed by atoms with Crippen LogP contribution in [0.15, 0.2) is 24.3 Å². The summed E-state index contributed by atoms with van der Waals surface area (Å²) in [7, 11) is 0. The largest absolute Gasteiger partial charge is 0.379 e. The summed E-state index contributed by atoms with van der Waals surface area (Å²) in [6.45, 7) is 7.58. The summed E-state index contributed by atoms with van der Waals surface area (Å²) >= 11 is 0. The van der Waals surface area contributed by atoms with Gasteiger partial charge in [-0.3, -0.25) is 4.79 Å². The molecule has 5 heteroatoms. The molecule has 0 aliphatic carbocycles.